The number of carbonyl (C=O) groups excluding carboxylic acids is 1. The number of nitrogens with one attached hydrogen (secondary N) is 2. The minimum atomic E-state index is -0.294. The molecule has 30 heavy (non-hydrogen) atoms. The van der Waals surface area contributed by atoms with Crippen molar-refractivity contribution in [2.24, 2.45) is 0 Å². The maximum Gasteiger partial charge on any atom is 0.259 e. The van der Waals surface area contributed by atoms with Crippen LogP contribution >= 0.6 is 11.6 Å². The van der Waals surface area contributed by atoms with Gasteiger partial charge in [-0.25, -0.2) is 0 Å². The van der Waals surface area contributed by atoms with Crippen molar-refractivity contribution >= 4 is 28.4 Å². The molecular weight excluding hydrogens is 404 g/mol. The quantitative estimate of drug-likeness (QED) is 0.492. The first kappa shape index (κ1) is 19.8. The number of carbonyl (C=O) groups is 1. The van der Waals surface area contributed by atoms with Gasteiger partial charge >= 0.3 is 0 Å². The molecule has 152 valence electrons. The Balaban J connectivity index is 1.41. The number of rotatable bonds is 6. The molecule has 8 heteroatoms. The number of nitrogens with zero attached hydrogens (tertiary/aromatic N) is 2. The molecule has 7 nitrogen and oxygen atoms in total. The Morgan fingerprint density at radius 2 is 2.03 bits per heavy atom. The lowest BCUT2D eigenvalue weighted by Crippen LogP contribution is -2.23. The Bertz CT molecular complexity index is 1280. The van der Waals surface area contributed by atoms with Crippen molar-refractivity contribution in [3.63, 3.8) is 0 Å². The van der Waals surface area contributed by atoms with Crippen molar-refractivity contribution in [2.75, 3.05) is 0 Å². The number of aromatic nitrogens is 3. The number of aromatic amines is 1. The van der Waals surface area contributed by atoms with Crippen molar-refractivity contribution in [1.29, 1.82) is 0 Å². The molecule has 0 unspecified atom stereocenters. The number of benzene rings is 2. The number of hydrogen-bond donors (Lipinski definition) is 2. The van der Waals surface area contributed by atoms with Gasteiger partial charge in [0.1, 0.15) is 0 Å². The minimum absolute atomic E-state index is 0.159. The number of aryl methyl sites for hydroxylation is 2. The molecule has 0 bridgehead atoms. The van der Waals surface area contributed by atoms with Crippen molar-refractivity contribution in [1.82, 2.24) is 20.4 Å². The van der Waals surface area contributed by atoms with Crippen LogP contribution in [0.25, 0.3) is 22.3 Å². The van der Waals surface area contributed by atoms with E-state index in [0.717, 1.165) is 22.0 Å². The number of hydrogen-bond acceptors (Lipinski definition) is 5. The van der Waals surface area contributed by atoms with E-state index in [0.29, 0.717) is 23.0 Å². The van der Waals surface area contributed by atoms with Gasteiger partial charge in [0.05, 0.1) is 5.56 Å². The van der Waals surface area contributed by atoms with E-state index in [-0.39, 0.29) is 30.1 Å². The number of pyridine rings is 1. The van der Waals surface area contributed by atoms with E-state index in [1.165, 1.54) is 0 Å². The Kier molecular flexibility index (Phi) is 5.63. The summed E-state index contributed by atoms with van der Waals surface area (Å²) in [7, 11) is 0. The fourth-order valence-corrected chi connectivity index (χ4v) is 3.29. The molecule has 2 aromatic heterocycles. The zero-order valence-electron chi connectivity index (χ0n) is 16.2. The number of amides is 1. The summed E-state index contributed by atoms with van der Waals surface area (Å²) in [6, 6.07) is 14.9. The lowest BCUT2D eigenvalue weighted by atomic mass is 10.1. The van der Waals surface area contributed by atoms with Gasteiger partial charge in [-0.05, 0) is 41.6 Å². The monoisotopic (exact) mass is 422 g/mol. The fraction of sp³-hybridized carbons (Fsp3) is 0.182. The molecule has 0 saturated carbocycles. The molecule has 2 N–H and O–H groups in total. The maximum atomic E-state index is 12.4. The molecule has 0 saturated heterocycles. The van der Waals surface area contributed by atoms with E-state index in [4.69, 9.17) is 16.1 Å². The molecule has 0 aliphatic carbocycles. The predicted molar refractivity (Wildman–Crippen MR) is 114 cm³/mol. The lowest BCUT2D eigenvalue weighted by Gasteiger charge is -2.05. The average molecular weight is 423 g/mol. The van der Waals surface area contributed by atoms with Crippen LogP contribution in [0.2, 0.25) is 5.02 Å². The summed E-state index contributed by atoms with van der Waals surface area (Å²) in [4.78, 5) is 31.6. The molecule has 4 aromatic rings. The second kappa shape index (κ2) is 8.51. The van der Waals surface area contributed by atoms with Crippen LogP contribution in [-0.2, 0) is 17.8 Å². The van der Waals surface area contributed by atoms with E-state index in [2.05, 4.69) is 20.4 Å². The molecule has 0 aliphatic heterocycles. The fourth-order valence-electron chi connectivity index (χ4n) is 3.09. The molecule has 2 heterocycles. The minimum Gasteiger partial charge on any atom is -0.352 e. The zero-order chi connectivity index (χ0) is 21.1. The standard InChI is InChI=1S/C22H19ClN4O3/c1-13-6-7-14-11-16(22(29)25-18(14)10-13)21-26-20(30-27-21)9-8-19(28)24-12-15-4-2-3-5-17(15)23/h2-7,10-11H,8-9,12H2,1H3,(H,24,28)(H,25,29). The molecule has 4 rings (SSSR count). The van der Waals surface area contributed by atoms with Gasteiger partial charge in [0.2, 0.25) is 17.6 Å². The predicted octanol–water partition coefficient (Wildman–Crippen LogP) is 3.79. The van der Waals surface area contributed by atoms with Crippen molar-refractivity contribution < 1.29 is 9.32 Å². The van der Waals surface area contributed by atoms with Crippen LogP contribution in [0.15, 0.2) is 57.8 Å². The molecule has 2 aromatic carbocycles. The Morgan fingerprint density at radius 1 is 1.20 bits per heavy atom. The average Bonchev–Trinajstić information content (AvgIpc) is 3.20. The van der Waals surface area contributed by atoms with Crippen molar-refractivity contribution in [3.8, 4) is 11.4 Å². The summed E-state index contributed by atoms with van der Waals surface area (Å²) in [5.41, 5.74) is 2.68. The molecule has 0 fully saturated rings. The van der Waals surface area contributed by atoms with Crippen LogP contribution in [0.1, 0.15) is 23.4 Å². The Labute approximate surface area is 177 Å². The van der Waals surface area contributed by atoms with E-state index < -0.39 is 0 Å². The van der Waals surface area contributed by atoms with Gasteiger partial charge in [-0.3, -0.25) is 9.59 Å². The first-order chi connectivity index (χ1) is 14.5. The first-order valence-electron chi connectivity index (χ1n) is 9.46. The highest BCUT2D eigenvalue weighted by Gasteiger charge is 2.14. The summed E-state index contributed by atoms with van der Waals surface area (Å²) in [6.45, 7) is 2.31. The second-order valence-electron chi connectivity index (χ2n) is 6.98. The Hall–Kier alpha value is -3.45. The highest BCUT2D eigenvalue weighted by atomic mass is 35.5. The summed E-state index contributed by atoms with van der Waals surface area (Å²) in [5.74, 6) is 0.333. The van der Waals surface area contributed by atoms with Crippen LogP contribution < -0.4 is 10.9 Å². The van der Waals surface area contributed by atoms with Gasteiger partial charge < -0.3 is 14.8 Å². The van der Waals surface area contributed by atoms with Crippen LogP contribution in [0.5, 0.6) is 0 Å². The second-order valence-corrected chi connectivity index (χ2v) is 7.39. The number of halogens is 1. The SMILES string of the molecule is Cc1ccc2cc(-c3noc(CCC(=O)NCc4ccccc4Cl)n3)c(=O)[nH]c2c1. The third kappa shape index (κ3) is 4.41. The van der Waals surface area contributed by atoms with Crippen LogP contribution in [-0.4, -0.2) is 21.0 Å². The first-order valence-corrected chi connectivity index (χ1v) is 9.84. The normalized spacial score (nSPS) is 11.0. The third-order valence-corrected chi connectivity index (χ3v) is 5.08. The van der Waals surface area contributed by atoms with Crippen LogP contribution in [0, 0.1) is 6.92 Å². The van der Waals surface area contributed by atoms with Gasteiger partial charge in [0.15, 0.2) is 0 Å². The van der Waals surface area contributed by atoms with Gasteiger partial charge in [-0.1, -0.05) is 47.1 Å². The largest absolute Gasteiger partial charge is 0.352 e. The molecule has 0 aliphatic rings. The van der Waals surface area contributed by atoms with Gasteiger partial charge in [-0.2, -0.15) is 4.98 Å². The topological polar surface area (TPSA) is 101 Å². The molecule has 0 radical (unpaired) electrons. The summed E-state index contributed by atoms with van der Waals surface area (Å²) < 4.78 is 5.22. The van der Waals surface area contributed by atoms with Gasteiger partial charge in [0, 0.05) is 29.9 Å². The zero-order valence-corrected chi connectivity index (χ0v) is 17.0. The molecule has 0 atom stereocenters. The summed E-state index contributed by atoms with van der Waals surface area (Å²) >= 11 is 6.09. The van der Waals surface area contributed by atoms with E-state index >= 15 is 0 Å². The molecule has 1 amide bonds. The van der Waals surface area contributed by atoms with Gasteiger partial charge in [-0.15, -0.1) is 0 Å². The highest BCUT2D eigenvalue weighted by molar-refractivity contribution is 6.31. The van der Waals surface area contributed by atoms with E-state index in [9.17, 15) is 9.59 Å². The summed E-state index contributed by atoms with van der Waals surface area (Å²) in [6.07, 6.45) is 0.450. The third-order valence-electron chi connectivity index (χ3n) is 4.71. The lowest BCUT2D eigenvalue weighted by molar-refractivity contribution is -0.121. The molecular formula is C22H19ClN4O3. The van der Waals surface area contributed by atoms with Crippen LogP contribution in [0.3, 0.4) is 0 Å². The van der Waals surface area contributed by atoms with E-state index in [1.807, 2.05) is 43.3 Å². The highest BCUT2D eigenvalue weighted by Crippen LogP contribution is 2.19. The van der Waals surface area contributed by atoms with Crippen LogP contribution in [0.4, 0.5) is 0 Å². The number of fused-ring (bicyclic) bond motifs is 1. The smallest absolute Gasteiger partial charge is 0.259 e. The number of H-pyrrole nitrogens is 1. The maximum absolute atomic E-state index is 12.4. The van der Waals surface area contributed by atoms with E-state index in [1.54, 1.807) is 12.1 Å². The van der Waals surface area contributed by atoms with Crippen molar-refractivity contribution in [2.45, 2.75) is 26.3 Å². The van der Waals surface area contributed by atoms with Crippen molar-refractivity contribution in [3.05, 3.63) is 80.9 Å². The van der Waals surface area contributed by atoms with Gasteiger partial charge in [0.25, 0.3) is 5.56 Å². The molecule has 0 spiro atoms. The Morgan fingerprint density at radius 3 is 2.87 bits per heavy atom. The summed E-state index contributed by atoms with van der Waals surface area (Å²) in [5, 5.41) is 8.20.